The summed E-state index contributed by atoms with van der Waals surface area (Å²) in [4.78, 5) is 15.4. The molecule has 2 rings (SSSR count). The van der Waals surface area contributed by atoms with Gasteiger partial charge in [0.05, 0.1) is 5.69 Å². The van der Waals surface area contributed by atoms with Gasteiger partial charge in [0.25, 0.3) is 0 Å². The average Bonchev–Trinajstić information content (AvgIpc) is 2.46. The summed E-state index contributed by atoms with van der Waals surface area (Å²) in [6, 6.07) is 11.4. The molecule has 1 aromatic carbocycles. The first-order valence-corrected chi connectivity index (χ1v) is 6.29. The van der Waals surface area contributed by atoms with Crippen molar-refractivity contribution < 1.29 is 15.0 Å². The van der Waals surface area contributed by atoms with Gasteiger partial charge in [-0.1, -0.05) is 18.2 Å². The lowest BCUT2D eigenvalue weighted by molar-refractivity contribution is -0.139. The molecule has 0 bridgehead atoms. The molecule has 5 heteroatoms. The smallest absolute Gasteiger partial charge is 0.321 e. The normalized spacial score (nSPS) is 12.0. The lowest BCUT2D eigenvalue weighted by Gasteiger charge is -2.14. The molecule has 0 unspecified atom stereocenters. The van der Waals surface area contributed by atoms with Crippen LogP contribution in [0.15, 0.2) is 48.7 Å². The van der Waals surface area contributed by atoms with E-state index in [2.05, 4.69) is 10.3 Å². The van der Waals surface area contributed by atoms with E-state index in [1.807, 2.05) is 18.2 Å². The number of rotatable bonds is 6. The number of phenolic OH excluding ortho intramolecular Hbond substituents is 1. The van der Waals surface area contributed by atoms with Gasteiger partial charge in [0.15, 0.2) is 0 Å². The largest absolute Gasteiger partial charge is 0.508 e. The van der Waals surface area contributed by atoms with Crippen molar-refractivity contribution in [3.05, 3.63) is 59.9 Å². The summed E-state index contributed by atoms with van der Waals surface area (Å²) in [5.74, 6) is -0.740. The molecule has 0 radical (unpaired) electrons. The van der Waals surface area contributed by atoms with Crippen molar-refractivity contribution in [2.45, 2.75) is 19.0 Å². The van der Waals surface area contributed by atoms with Crippen LogP contribution in [0.4, 0.5) is 0 Å². The number of carbonyl (C=O) groups is 1. The molecule has 3 N–H and O–H groups in total. The number of aliphatic carboxylic acids is 1. The molecular weight excluding hydrogens is 256 g/mol. The Hall–Kier alpha value is -2.40. The fourth-order valence-corrected chi connectivity index (χ4v) is 1.84. The minimum absolute atomic E-state index is 0.169. The van der Waals surface area contributed by atoms with Crippen molar-refractivity contribution in [2.24, 2.45) is 0 Å². The van der Waals surface area contributed by atoms with Gasteiger partial charge < -0.3 is 10.2 Å². The Morgan fingerprint density at radius 3 is 2.55 bits per heavy atom. The van der Waals surface area contributed by atoms with Gasteiger partial charge >= 0.3 is 5.97 Å². The molecule has 0 aliphatic carbocycles. The van der Waals surface area contributed by atoms with Crippen LogP contribution in [0.25, 0.3) is 0 Å². The summed E-state index contributed by atoms with van der Waals surface area (Å²) in [6.45, 7) is 0.399. The van der Waals surface area contributed by atoms with Crippen molar-refractivity contribution in [1.29, 1.82) is 0 Å². The van der Waals surface area contributed by atoms with Gasteiger partial charge in [0.1, 0.15) is 11.8 Å². The highest BCUT2D eigenvalue weighted by Crippen LogP contribution is 2.11. The molecule has 5 nitrogen and oxygen atoms in total. The van der Waals surface area contributed by atoms with E-state index >= 15 is 0 Å². The van der Waals surface area contributed by atoms with Crippen molar-refractivity contribution in [2.75, 3.05) is 0 Å². The van der Waals surface area contributed by atoms with E-state index in [1.165, 1.54) is 0 Å². The monoisotopic (exact) mass is 272 g/mol. The number of phenols is 1. The number of pyridine rings is 1. The zero-order valence-electron chi connectivity index (χ0n) is 10.9. The van der Waals surface area contributed by atoms with Gasteiger partial charge in [-0.2, -0.15) is 0 Å². The number of nitrogens with one attached hydrogen (secondary N) is 1. The molecule has 0 spiro atoms. The van der Waals surface area contributed by atoms with Gasteiger partial charge in [0, 0.05) is 12.7 Å². The molecule has 0 saturated carbocycles. The summed E-state index contributed by atoms with van der Waals surface area (Å²) >= 11 is 0. The van der Waals surface area contributed by atoms with Crippen molar-refractivity contribution in [1.82, 2.24) is 10.3 Å². The first kappa shape index (κ1) is 14.0. The second kappa shape index (κ2) is 6.68. The summed E-state index contributed by atoms with van der Waals surface area (Å²) in [5, 5.41) is 21.4. The Labute approximate surface area is 116 Å². The van der Waals surface area contributed by atoms with E-state index in [-0.39, 0.29) is 5.75 Å². The van der Waals surface area contributed by atoms with Gasteiger partial charge in [-0.25, -0.2) is 0 Å². The van der Waals surface area contributed by atoms with Crippen LogP contribution in [0.1, 0.15) is 11.3 Å². The van der Waals surface area contributed by atoms with Crippen LogP contribution in [-0.4, -0.2) is 27.2 Å². The molecule has 1 atom stereocenters. The van der Waals surface area contributed by atoms with Gasteiger partial charge in [0.2, 0.25) is 0 Å². The van der Waals surface area contributed by atoms with Crippen molar-refractivity contribution in [3.8, 4) is 5.75 Å². The molecule has 1 heterocycles. The highest BCUT2D eigenvalue weighted by atomic mass is 16.4. The lowest BCUT2D eigenvalue weighted by Crippen LogP contribution is -2.38. The topological polar surface area (TPSA) is 82.5 Å². The molecule has 1 aromatic heterocycles. The standard InChI is InChI=1S/C15H16N2O3/c18-13-6-4-11(5-7-13)9-14(15(19)20)17-10-12-3-1-2-8-16-12/h1-8,14,17-18H,9-10H2,(H,19,20)/t14-/m0/s1. The van der Waals surface area contributed by atoms with Gasteiger partial charge in [-0.15, -0.1) is 0 Å². The molecule has 0 aliphatic rings. The van der Waals surface area contributed by atoms with Crippen LogP contribution in [0.2, 0.25) is 0 Å². The first-order chi connectivity index (χ1) is 9.65. The molecule has 2 aromatic rings. The number of hydrogen-bond acceptors (Lipinski definition) is 4. The lowest BCUT2D eigenvalue weighted by atomic mass is 10.1. The molecule has 20 heavy (non-hydrogen) atoms. The average molecular weight is 272 g/mol. The zero-order valence-corrected chi connectivity index (χ0v) is 10.9. The van der Waals surface area contributed by atoms with Crippen LogP contribution in [-0.2, 0) is 17.8 Å². The summed E-state index contributed by atoms with van der Waals surface area (Å²) < 4.78 is 0. The Bertz CT molecular complexity index is 555. The molecular formula is C15H16N2O3. The van der Waals surface area contributed by atoms with Crippen LogP contribution in [0, 0.1) is 0 Å². The predicted octanol–water partition coefficient (Wildman–Crippen LogP) is 1.57. The highest BCUT2D eigenvalue weighted by Gasteiger charge is 2.17. The molecule has 0 fully saturated rings. The minimum atomic E-state index is -0.908. The Morgan fingerprint density at radius 1 is 1.20 bits per heavy atom. The molecule has 0 saturated heterocycles. The molecule has 0 aliphatic heterocycles. The number of benzene rings is 1. The fraction of sp³-hybridized carbons (Fsp3) is 0.200. The molecule has 0 amide bonds. The Balaban J connectivity index is 1.97. The third-order valence-electron chi connectivity index (χ3n) is 2.93. The van der Waals surface area contributed by atoms with Crippen molar-refractivity contribution in [3.63, 3.8) is 0 Å². The SMILES string of the molecule is O=C(O)[C@H](Cc1ccc(O)cc1)NCc1ccccn1. The highest BCUT2D eigenvalue weighted by molar-refractivity contribution is 5.73. The number of aromatic hydroxyl groups is 1. The van der Waals surface area contributed by atoms with Crippen LogP contribution < -0.4 is 5.32 Å². The van der Waals surface area contributed by atoms with E-state index < -0.39 is 12.0 Å². The minimum Gasteiger partial charge on any atom is -0.508 e. The van der Waals surface area contributed by atoms with E-state index in [0.717, 1.165) is 11.3 Å². The maximum Gasteiger partial charge on any atom is 0.321 e. The third kappa shape index (κ3) is 4.07. The van der Waals surface area contributed by atoms with Crippen molar-refractivity contribution >= 4 is 5.97 Å². The van der Waals surface area contributed by atoms with Crippen LogP contribution in [0.3, 0.4) is 0 Å². The van der Waals surface area contributed by atoms with Gasteiger partial charge in [-0.05, 0) is 36.2 Å². The second-order valence-electron chi connectivity index (χ2n) is 4.46. The predicted molar refractivity (Wildman–Crippen MR) is 74.3 cm³/mol. The number of nitrogens with zero attached hydrogens (tertiary/aromatic N) is 1. The fourth-order valence-electron chi connectivity index (χ4n) is 1.84. The quantitative estimate of drug-likeness (QED) is 0.743. The molecule has 104 valence electrons. The van der Waals surface area contributed by atoms with Crippen LogP contribution in [0.5, 0.6) is 5.75 Å². The summed E-state index contributed by atoms with van der Waals surface area (Å²) in [6.07, 6.45) is 2.02. The number of aromatic nitrogens is 1. The second-order valence-corrected chi connectivity index (χ2v) is 4.46. The summed E-state index contributed by atoms with van der Waals surface area (Å²) in [5.41, 5.74) is 1.65. The van der Waals surface area contributed by atoms with Gasteiger partial charge in [-0.3, -0.25) is 15.1 Å². The third-order valence-corrected chi connectivity index (χ3v) is 2.93. The zero-order chi connectivity index (χ0) is 14.4. The Morgan fingerprint density at radius 2 is 1.95 bits per heavy atom. The number of carboxylic acid groups (broad SMARTS) is 1. The van der Waals surface area contributed by atoms with E-state index in [0.29, 0.717) is 13.0 Å². The maximum absolute atomic E-state index is 11.3. The summed E-state index contributed by atoms with van der Waals surface area (Å²) in [7, 11) is 0. The van der Waals surface area contributed by atoms with Crippen LogP contribution >= 0.6 is 0 Å². The van der Waals surface area contributed by atoms with E-state index in [4.69, 9.17) is 0 Å². The van der Waals surface area contributed by atoms with E-state index in [1.54, 1.807) is 30.5 Å². The Kier molecular flexibility index (Phi) is 4.68. The maximum atomic E-state index is 11.3. The van der Waals surface area contributed by atoms with E-state index in [9.17, 15) is 15.0 Å². The first-order valence-electron chi connectivity index (χ1n) is 6.29. The number of carboxylic acids is 1. The number of hydrogen-bond donors (Lipinski definition) is 3.